The number of carbonyl (C=O) groups is 3. The summed E-state index contributed by atoms with van der Waals surface area (Å²) >= 11 is 0. The van der Waals surface area contributed by atoms with Crippen LogP contribution in [0.4, 0.5) is 0 Å². The molecule has 0 fully saturated rings. The maximum Gasteiger partial charge on any atom is 0.306 e. The fourth-order valence-corrected chi connectivity index (χ4v) is 9.41. The number of hydrogen-bond donors (Lipinski definition) is 0. The summed E-state index contributed by atoms with van der Waals surface area (Å²) in [6.45, 7) is 6.45. The number of rotatable bonds is 61. The molecule has 0 aromatic heterocycles. The van der Waals surface area contributed by atoms with Crippen molar-refractivity contribution in [2.45, 2.75) is 322 Å². The molecular weight excluding hydrogens is 997 g/mol. The molecule has 0 radical (unpaired) electrons. The number of ether oxygens (including phenoxy) is 3. The van der Waals surface area contributed by atoms with Gasteiger partial charge in [-0.05, 0) is 96.3 Å². The second-order valence-electron chi connectivity index (χ2n) is 22.4. The Morgan fingerprint density at radius 1 is 0.259 bits per heavy atom. The molecule has 462 valence electrons. The largest absolute Gasteiger partial charge is 0.462 e. The van der Waals surface area contributed by atoms with Crippen molar-refractivity contribution in [3.05, 3.63) is 122 Å². The van der Waals surface area contributed by atoms with Crippen LogP contribution in [-0.2, 0) is 28.6 Å². The Balaban J connectivity index is 4.09. The van der Waals surface area contributed by atoms with Gasteiger partial charge in [-0.2, -0.15) is 0 Å². The van der Waals surface area contributed by atoms with E-state index in [1.54, 1.807) is 0 Å². The lowest BCUT2D eigenvalue weighted by Crippen LogP contribution is -2.30. The summed E-state index contributed by atoms with van der Waals surface area (Å²) in [7, 11) is 0. The van der Waals surface area contributed by atoms with Crippen molar-refractivity contribution in [2.75, 3.05) is 13.2 Å². The number of allylic oxidation sites excluding steroid dienone is 20. The summed E-state index contributed by atoms with van der Waals surface area (Å²) in [5.41, 5.74) is 0. The van der Waals surface area contributed by atoms with E-state index in [1.165, 1.54) is 135 Å². The van der Waals surface area contributed by atoms with Crippen LogP contribution < -0.4 is 0 Å². The maximum atomic E-state index is 12.8. The molecule has 6 nitrogen and oxygen atoms in total. The highest BCUT2D eigenvalue weighted by Gasteiger charge is 2.19. The Labute approximate surface area is 501 Å². The molecule has 1 atom stereocenters. The summed E-state index contributed by atoms with van der Waals surface area (Å²) in [4.78, 5) is 38.0. The first-order valence-corrected chi connectivity index (χ1v) is 34.0. The predicted octanol–water partition coefficient (Wildman–Crippen LogP) is 23.6. The number of carbonyl (C=O) groups excluding carboxylic acids is 3. The third-order valence-corrected chi connectivity index (χ3v) is 14.5. The van der Waals surface area contributed by atoms with Crippen molar-refractivity contribution in [2.24, 2.45) is 0 Å². The quantitative estimate of drug-likeness (QED) is 0.0261. The number of hydrogen-bond acceptors (Lipinski definition) is 6. The van der Waals surface area contributed by atoms with Gasteiger partial charge in [0.15, 0.2) is 6.10 Å². The van der Waals surface area contributed by atoms with Gasteiger partial charge < -0.3 is 14.2 Å². The van der Waals surface area contributed by atoms with Crippen LogP contribution >= 0.6 is 0 Å². The third kappa shape index (κ3) is 66.5. The zero-order valence-electron chi connectivity index (χ0n) is 53.0. The maximum absolute atomic E-state index is 12.8. The van der Waals surface area contributed by atoms with Gasteiger partial charge in [-0.1, -0.05) is 322 Å². The van der Waals surface area contributed by atoms with Gasteiger partial charge in [0, 0.05) is 19.3 Å². The number of unbranched alkanes of at least 4 members (excludes halogenated alkanes) is 30. The molecule has 0 aliphatic heterocycles. The summed E-state index contributed by atoms with van der Waals surface area (Å²) in [5.74, 6) is -0.917. The molecule has 0 rings (SSSR count). The first kappa shape index (κ1) is 76.8. The highest BCUT2D eigenvalue weighted by molar-refractivity contribution is 5.71. The lowest BCUT2D eigenvalue weighted by Gasteiger charge is -2.18. The Morgan fingerprint density at radius 2 is 0.481 bits per heavy atom. The minimum Gasteiger partial charge on any atom is -0.462 e. The fourth-order valence-electron chi connectivity index (χ4n) is 9.41. The Morgan fingerprint density at radius 3 is 0.753 bits per heavy atom. The number of esters is 3. The molecule has 0 saturated carbocycles. The van der Waals surface area contributed by atoms with Crippen LogP contribution in [0, 0.1) is 0 Å². The molecule has 0 heterocycles. The SMILES string of the molecule is CC/C=C\C/C=C\C/C=C\C/C=C\C/C=C\C/C=C\C/C=C\C/C=C\C/C=C\C/C=C\CCCCCCC(=O)OCC(COC(=O)CCCCCCC)OC(=O)CCCCCCCCCCCCCCCCCCCCCCCCC. The topological polar surface area (TPSA) is 78.9 Å². The van der Waals surface area contributed by atoms with Crippen molar-refractivity contribution >= 4 is 17.9 Å². The molecule has 6 heteroatoms. The first-order chi connectivity index (χ1) is 40.0. The van der Waals surface area contributed by atoms with Gasteiger partial charge in [-0.25, -0.2) is 0 Å². The van der Waals surface area contributed by atoms with E-state index in [4.69, 9.17) is 14.2 Å². The van der Waals surface area contributed by atoms with Crippen LogP contribution in [0.1, 0.15) is 316 Å². The minimum atomic E-state index is -0.786. The fraction of sp³-hybridized carbons (Fsp3) is 0.693. The van der Waals surface area contributed by atoms with Crippen molar-refractivity contribution in [3.63, 3.8) is 0 Å². The van der Waals surface area contributed by atoms with Crippen LogP contribution in [0.15, 0.2) is 122 Å². The summed E-state index contributed by atoms with van der Waals surface area (Å²) in [5, 5.41) is 0. The molecule has 0 aromatic rings. The second kappa shape index (κ2) is 68.3. The zero-order chi connectivity index (χ0) is 58.5. The van der Waals surface area contributed by atoms with E-state index in [9.17, 15) is 14.4 Å². The summed E-state index contributed by atoms with van der Waals surface area (Å²) < 4.78 is 16.8. The zero-order valence-corrected chi connectivity index (χ0v) is 53.0. The lowest BCUT2D eigenvalue weighted by atomic mass is 10.0. The van der Waals surface area contributed by atoms with E-state index in [0.29, 0.717) is 19.3 Å². The highest BCUT2D eigenvalue weighted by Crippen LogP contribution is 2.17. The first-order valence-electron chi connectivity index (χ1n) is 34.0. The van der Waals surface area contributed by atoms with E-state index >= 15 is 0 Å². The van der Waals surface area contributed by atoms with Gasteiger partial charge in [-0.3, -0.25) is 14.4 Å². The Hall–Kier alpha value is -4.19. The molecule has 0 spiro atoms. The smallest absolute Gasteiger partial charge is 0.306 e. The molecule has 0 amide bonds. The van der Waals surface area contributed by atoms with Crippen molar-refractivity contribution in [1.29, 1.82) is 0 Å². The van der Waals surface area contributed by atoms with Gasteiger partial charge in [0.2, 0.25) is 0 Å². The van der Waals surface area contributed by atoms with Gasteiger partial charge in [0.1, 0.15) is 13.2 Å². The van der Waals surface area contributed by atoms with E-state index in [1.807, 2.05) is 0 Å². The normalized spacial score (nSPS) is 12.9. The van der Waals surface area contributed by atoms with Crippen molar-refractivity contribution in [3.8, 4) is 0 Å². The molecule has 81 heavy (non-hydrogen) atoms. The minimum absolute atomic E-state index is 0.0856. The Kier molecular flexibility index (Phi) is 64.8. The van der Waals surface area contributed by atoms with E-state index in [2.05, 4.69) is 142 Å². The van der Waals surface area contributed by atoms with E-state index in [-0.39, 0.29) is 31.1 Å². The van der Waals surface area contributed by atoms with Crippen molar-refractivity contribution < 1.29 is 28.6 Å². The molecular formula is C75H126O6. The predicted molar refractivity (Wildman–Crippen MR) is 353 cm³/mol. The van der Waals surface area contributed by atoms with Crippen molar-refractivity contribution in [1.82, 2.24) is 0 Å². The van der Waals surface area contributed by atoms with Crippen LogP contribution in [0.25, 0.3) is 0 Å². The van der Waals surface area contributed by atoms with Gasteiger partial charge >= 0.3 is 17.9 Å². The van der Waals surface area contributed by atoms with E-state index < -0.39 is 6.10 Å². The van der Waals surface area contributed by atoms with Gasteiger partial charge in [-0.15, -0.1) is 0 Å². The molecule has 0 aromatic carbocycles. The average Bonchev–Trinajstić information content (AvgIpc) is 3.47. The second-order valence-corrected chi connectivity index (χ2v) is 22.4. The molecule has 0 N–H and O–H groups in total. The summed E-state index contributed by atoms with van der Waals surface area (Å²) in [6, 6.07) is 0. The molecule has 1 unspecified atom stereocenters. The Bertz CT molecular complexity index is 1670. The standard InChI is InChI=1S/C75H126O6/c1-4-7-10-13-15-17-19-21-23-25-27-29-31-32-33-34-35-36-37-38-39-40-41-42-44-45-47-49-51-53-55-57-59-62-65-68-74(77)80-71-72(70-79-73(76)67-64-61-12-9-6-3)81-75(78)69-66-63-60-58-56-54-52-50-48-46-43-30-28-26-24-22-20-18-16-14-11-8-5-2/h7,10,15,17,21,23,27,29,32-33,35-36,38-39,41-42,45,47,51,53,72H,4-6,8-9,11-14,16,18-20,22,24-26,28,30-31,34,37,40,43-44,46,48-50,52,54-71H2,1-3H3/b10-7-,17-15-,23-21-,29-27-,33-32-,36-35-,39-38-,42-41-,47-45-,53-51-. The third-order valence-electron chi connectivity index (χ3n) is 14.5. The van der Waals surface area contributed by atoms with Gasteiger partial charge in [0.25, 0.3) is 0 Å². The van der Waals surface area contributed by atoms with Crippen LogP contribution in [0.2, 0.25) is 0 Å². The molecule has 0 aliphatic rings. The monoisotopic (exact) mass is 1120 g/mol. The average molecular weight is 1120 g/mol. The van der Waals surface area contributed by atoms with Crippen LogP contribution in [0.3, 0.4) is 0 Å². The lowest BCUT2D eigenvalue weighted by molar-refractivity contribution is -0.167. The molecule has 0 saturated heterocycles. The van der Waals surface area contributed by atoms with Crippen LogP contribution in [0.5, 0.6) is 0 Å². The molecule has 0 aliphatic carbocycles. The highest BCUT2D eigenvalue weighted by atomic mass is 16.6. The van der Waals surface area contributed by atoms with Gasteiger partial charge in [0.05, 0.1) is 0 Å². The summed E-state index contributed by atoms with van der Waals surface area (Å²) in [6.07, 6.45) is 95.6. The van der Waals surface area contributed by atoms with E-state index in [0.717, 1.165) is 141 Å². The van der Waals surface area contributed by atoms with Crippen LogP contribution in [-0.4, -0.2) is 37.2 Å². The molecule has 0 bridgehead atoms.